The molecule has 2 fully saturated rings. The van der Waals surface area contributed by atoms with Crippen molar-refractivity contribution < 1.29 is 9.53 Å². The number of guanidine groups is 1. The maximum absolute atomic E-state index is 13.0. The number of morpholine rings is 1. The van der Waals surface area contributed by atoms with Gasteiger partial charge in [0, 0.05) is 37.7 Å². The van der Waals surface area contributed by atoms with Crippen molar-refractivity contribution in [1.82, 2.24) is 9.80 Å². The van der Waals surface area contributed by atoms with E-state index >= 15 is 0 Å². The van der Waals surface area contributed by atoms with Gasteiger partial charge in [0.25, 0.3) is 0 Å². The molecular formula is C18H26N4O2S. The topological polar surface area (TPSA) is 71.2 Å². The van der Waals surface area contributed by atoms with Crippen LogP contribution in [0.15, 0.2) is 35.3 Å². The largest absolute Gasteiger partial charge is 0.378 e. The molecular weight excluding hydrogens is 336 g/mol. The first-order valence-corrected chi connectivity index (χ1v) is 9.95. The van der Waals surface area contributed by atoms with E-state index in [1.165, 1.54) is 0 Å². The number of benzene rings is 1. The molecule has 0 saturated carbocycles. The lowest BCUT2D eigenvalue weighted by Crippen LogP contribution is -2.45. The summed E-state index contributed by atoms with van der Waals surface area (Å²) >= 11 is 1.94. The summed E-state index contributed by atoms with van der Waals surface area (Å²) in [5.74, 6) is 2.52. The number of nitrogens with two attached hydrogens (primary N) is 1. The molecule has 0 bridgehead atoms. The van der Waals surface area contributed by atoms with Crippen molar-refractivity contribution in [3.05, 3.63) is 35.9 Å². The average molecular weight is 362 g/mol. The number of nitrogens with zero attached hydrogens (tertiary/aromatic N) is 3. The molecule has 1 unspecified atom stereocenters. The molecule has 2 heterocycles. The summed E-state index contributed by atoms with van der Waals surface area (Å²) in [7, 11) is 0. The van der Waals surface area contributed by atoms with Crippen LogP contribution < -0.4 is 5.73 Å². The van der Waals surface area contributed by atoms with Gasteiger partial charge in [-0.1, -0.05) is 30.3 Å². The Morgan fingerprint density at radius 2 is 1.80 bits per heavy atom. The molecule has 0 radical (unpaired) electrons. The molecule has 1 atom stereocenters. The SMILES string of the molecule is NC(=NCC(C(=O)N1CCOCC1)c1ccccc1)N1CCSCC1. The number of hydrogen-bond acceptors (Lipinski definition) is 4. The third kappa shape index (κ3) is 4.89. The van der Waals surface area contributed by atoms with Crippen LogP contribution in [0.3, 0.4) is 0 Å². The predicted octanol–water partition coefficient (Wildman–Crippen LogP) is 0.993. The molecule has 0 aromatic heterocycles. The third-order valence-electron chi connectivity index (χ3n) is 4.59. The lowest BCUT2D eigenvalue weighted by atomic mass is 9.97. The second-order valence-corrected chi connectivity index (χ2v) is 7.42. The summed E-state index contributed by atoms with van der Waals surface area (Å²) in [6.07, 6.45) is 0. The van der Waals surface area contributed by atoms with Crippen molar-refractivity contribution >= 4 is 23.6 Å². The molecule has 2 saturated heterocycles. The van der Waals surface area contributed by atoms with E-state index < -0.39 is 0 Å². The van der Waals surface area contributed by atoms with Crippen molar-refractivity contribution in [3.63, 3.8) is 0 Å². The van der Waals surface area contributed by atoms with E-state index in [4.69, 9.17) is 10.5 Å². The molecule has 0 aliphatic carbocycles. The summed E-state index contributed by atoms with van der Waals surface area (Å²) in [4.78, 5) is 21.6. The summed E-state index contributed by atoms with van der Waals surface area (Å²) in [5, 5.41) is 0. The first-order valence-electron chi connectivity index (χ1n) is 8.80. The standard InChI is InChI=1S/C18H26N4O2S/c19-18(22-8-12-25-13-9-22)20-14-16(15-4-2-1-3-5-15)17(23)21-6-10-24-11-7-21/h1-5,16H,6-14H2,(H2,19,20). The van der Waals surface area contributed by atoms with E-state index in [0.29, 0.717) is 38.8 Å². The maximum atomic E-state index is 13.0. The van der Waals surface area contributed by atoms with Crippen LogP contribution >= 0.6 is 11.8 Å². The van der Waals surface area contributed by atoms with E-state index in [1.54, 1.807) is 0 Å². The molecule has 7 heteroatoms. The molecule has 25 heavy (non-hydrogen) atoms. The summed E-state index contributed by atoms with van der Waals surface area (Å²) in [5.41, 5.74) is 7.17. The van der Waals surface area contributed by atoms with Crippen molar-refractivity contribution in [2.75, 3.05) is 57.4 Å². The van der Waals surface area contributed by atoms with E-state index in [0.717, 1.165) is 30.2 Å². The van der Waals surface area contributed by atoms with Gasteiger partial charge in [0.1, 0.15) is 0 Å². The number of carbonyl (C=O) groups excluding carboxylic acids is 1. The number of ether oxygens (including phenoxy) is 1. The minimum Gasteiger partial charge on any atom is -0.378 e. The van der Waals surface area contributed by atoms with Crippen LogP contribution in [-0.2, 0) is 9.53 Å². The van der Waals surface area contributed by atoms with Crippen LogP contribution in [0.5, 0.6) is 0 Å². The van der Waals surface area contributed by atoms with Gasteiger partial charge in [0.2, 0.25) is 5.91 Å². The zero-order valence-electron chi connectivity index (χ0n) is 14.5. The number of hydrogen-bond donors (Lipinski definition) is 1. The quantitative estimate of drug-likeness (QED) is 0.639. The third-order valence-corrected chi connectivity index (χ3v) is 5.54. The van der Waals surface area contributed by atoms with Crippen LogP contribution in [0.4, 0.5) is 0 Å². The fourth-order valence-corrected chi connectivity index (χ4v) is 4.00. The predicted molar refractivity (Wildman–Crippen MR) is 102 cm³/mol. The van der Waals surface area contributed by atoms with Gasteiger partial charge in [-0.3, -0.25) is 9.79 Å². The van der Waals surface area contributed by atoms with Crippen molar-refractivity contribution in [2.45, 2.75) is 5.92 Å². The highest BCUT2D eigenvalue weighted by Crippen LogP contribution is 2.20. The van der Waals surface area contributed by atoms with Gasteiger partial charge < -0.3 is 20.3 Å². The van der Waals surface area contributed by atoms with Gasteiger partial charge >= 0.3 is 0 Å². The van der Waals surface area contributed by atoms with Gasteiger partial charge in [-0.25, -0.2) is 0 Å². The zero-order chi connectivity index (χ0) is 17.5. The second-order valence-electron chi connectivity index (χ2n) is 6.20. The van der Waals surface area contributed by atoms with Gasteiger partial charge in [-0.2, -0.15) is 11.8 Å². The fourth-order valence-electron chi connectivity index (χ4n) is 3.09. The normalized spacial score (nSPS) is 20.4. The zero-order valence-corrected chi connectivity index (χ0v) is 15.3. The lowest BCUT2D eigenvalue weighted by molar-refractivity contribution is -0.136. The summed E-state index contributed by atoms with van der Waals surface area (Å²) < 4.78 is 5.36. The molecule has 2 aliphatic heterocycles. The Labute approximate surface area is 153 Å². The van der Waals surface area contributed by atoms with Crippen LogP contribution in [0.1, 0.15) is 11.5 Å². The van der Waals surface area contributed by atoms with Gasteiger partial charge in [-0.05, 0) is 5.56 Å². The van der Waals surface area contributed by atoms with Gasteiger partial charge in [0.15, 0.2) is 5.96 Å². The van der Waals surface area contributed by atoms with Crippen molar-refractivity contribution in [1.29, 1.82) is 0 Å². The molecule has 2 aliphatic rings. The van der Waals surface area contributed by atoms with Crippen LogP contribution in [0.2, 0.25) is 0 Å². The van der Waals surface area contributed by atoms with E-state index in [1.807, 2.05) is 47.0 Å². The van der Waals surface area contributed by atoms with E-state index in [9.17, 15) is 4.79 Å². The van der Waals surface area contributed by atoms with Crippen molar-refractivity contribution in [3.8, 4) is 0 Å². The van der Waals surface area contributed by atoms with E-state index in [-0.39, 0.29) is 11.8 Å². The minimum atomic E-state index is -0.294. The molecule has 1 amide bonds. The second kappa shape index (κ2) is 9.10. The van der Waals surface area contributed by atoms with Crippen LogP contribution in [0.25, 0.3) is 0 Å². The Bertz CT molecular complexity index is 584. The van der Waals surface area contributed by atoms with Gasteiger partial charge in [-0.15, -0.1) is 0 Å². The first kappa shape index (κ1) is 18.1. The fraction of sp³-hybridized carbons (Fsp3) is 0.556. The molecule has 3 rings (SSSR count). The Kier molecular flexibility index (Phi) is 6.58. The van der Waals surface area contributed by atoms with E-state index in [2.05, 4.69) is 9.89 Å². The Balaban J connectivity index is 1.73. The highest BCUT2D eigenvalue weighted by Gasteiger charge is 2.27. The molecule has 1 aromatic rings. The molecule has 136 valence electrons. The number of thioether (sulfide) groups is 1. The van der Waals surface area contributed by atoms with Crippen molar-refractivity contribution in [2.24, 2.45) is 10.7 Å². The van der Waals surface area contributed by atoms with Crippen LogP contribution in [0, 0.1) is 0 Å². The Morgan fingerprint density at radius 3 is 2.48 bits per heavy atom. The highest BCUT2D eigenvalue weighted by atomic mass is 32.2. The number of aliphatic imine (C=N–C) groups is 1. The Morgan fingerprint density at radius 1 is 1.12 bits per heavy atom. The minimum absolute atomic E-state index is 0.111. The highest BCUT2D eigenvalue weighted by molar-refractivity contribution is 7.99. The average Bonchev–Trinajstić information content (AvgIpc) is 2.70. The lowest BCUT2D eigenvalue weighted by Gasteiger charge is -2.31. The molecule has 2 N–H and O–H groups in total. The summed E-state index contributed by atoms with van der Waals surface area (Å²) in [6.45, 7) is 4.72. The maximum Gasteiger partial charge on any atom is 0.232 e. The monoisotopic (exact) mass is 362 g/mol. The number of carbonyl (C=O) groups is 1. The number of amides is 1. The molecule has 0 spiro atoms. The first-order chi connectivity index (χ1) is 12.3. The summed E-state index contributed by atoms with van der Waals surface area (Å²) in [6, 6.07) is 9.87. The van der Waals surface area contributed by atoms with Gasteiger partial charge in [0.05, 0.1) is 25.7 Å². The smallest absolute Gasteiger partial charge is 0.232 e. The molecule has 1 aromatic carbocycles. The number of rotatable bonds is 4. The Hall–Kier alpha value is -1.73. The van der Waals surface area contributed by atoms with Crippen LogP contribution in [-0.4, -0.2) is 79.1 Å². The molecule has 6 nitrogen and oxygen atoms in total.